The molecule has 0 bridgehead atoms. The van der Waals surface area contributed by atoms with Crippen molar-refractivity contribution < 1.29 is 14.3 Å². The summed E-state index contributed by atoms with van der Waals surface area (Å²) >= 11 is 21.5. The molecule has 0 spiro atoms. The molecule has 0 unspecified atom stereocenters. The smallest absolute Gasteiger partial charge is 0.261 e. The minimum atomic E-state index is -0.661. The van der Waals surface area contributed by atoms with E-state index >= 15 is 0 Å². The van der Waals surface area contributed by atoms with Crippen molar-refractivity contribution in [3.8, 4) is 5.75 Å². The predicted molar refractivity (Wildman–Crippen MR) is 120 cm³/mol. The van der Waals surface area contributed by atoms with Crippen molar-refractivity contribution in [3.63, 3.8) is 0 Å². The van der Waals surface area contributed by atoms with E-state index in [0.717, 1.165) is 10.0 Å². The Kier molecular flexibility index (Phi) is 9.08. The third kappa shape index (κ3) is 6.51. The summed E-state index contributed by atoms with van der Waals surface area (Å²) in [4.78, 5) is 26.8. The number of nitrogens with zero attached hydrogens (tertiary/aromatic N) is 1. The first kappa shape index (κ1) is 23.8. The Labute approximate surface area is 193 Å². The van der Waals surface area contributed by atoms with E-state index in [4.69, 9.17) is 39.5 Å². The van der Waals surface area contributed by atoms with Gasteiger partial charge in [0.2, 0.25) is 5.91 Å². The van der Waals surface area contributed by atoms with Crippen LogP contribution in [0.3, 0.4) is 0 Å². The fraction of sp³-hybridized carbons (Fsp3) is 0.300. The Morgan fingerprint density at radius 3 is 2.41 bits per heavy atom. The Hall–Kier alpha value is -1.47. The van der Waals surface area contributed by atoms with Gasteiger partial charge in [-0.25, -0.2) is 0 Å². The van der Waals surface area contributed by atoms with E-state index in [2.05, 4.69) is 21.2 Å². The third-order valence-corrected chi connectivity index (χ3v) is 5.74. The monoisotopic (exact) mass is 520 g/mol. The molecule has 0 aliphatic heterocycles. The molecule has 0 aliphatic rings. The second-order valence-corrected chi connectivity index (χ2v) is 8.31. The highest BCUT2D eigenvalue weighted by Crippen LogP contribution is 2.28. The minimum absolute atomic E-state index is 0.180. The zero-order valence-corrected chi connectivity index (χ0v) is 19.7. The molecule has 0 saturated heterocycles. The average Bonchev–Trinajstić information content (AvgIpc) is 2.69. The lowest BCUT2D eigenvalue weighted by Gasteiger charge is -2.30. The highest BCUT2D eigenvalue weighted by molar-refractivity contribution is 9.10. The van der Waals surface area contributed by atoms with Crippen LogP contribution in [-0.4, -0.2) is 36.4 Å². The summed E-state index contributed by atoms with van der Waals surface area (Å²) in [6, 6.07) is 9.53. The number of likely N-dealkylation sites (N-methyl/N-ethyl adjacent to an activating group) is 1. The van der Waals surface area contributed by atoms with Gasteiger partial charge in [-0.2, -0.15) is 0 Å². The van der Waals surface area contributed by atoms with E-state index in [1.807, 2.05) is 6.92 Å². The Morgan fingerprint density at radius 2 is 1.83 bits per heavy atom. The number of amides is 2. The van der Waals surface area contributed by atoms with Crippen molar-refractivity contribution in [3.05, 3.63) is 61.5 Å². The largest absolute Gasteiger partial charge is 0.482 e. The molecule has 1 N–H and O–H groups in total. The summed E-state index contributed by atoms with van der Waals surface area (Å²) in [6.07, 6.45) is 0.436. The topological polar surface area (TPSA) is 58.6 Å². The molecule has 9 heteroatoms. The predicted octanol–water partition coefficient (Wildman–Crippen LogP) is 5.34. The molecule has 0 aliphatic carbocycles. The molecule has 0 heterocycles. The lowest BCUT2D eigenvalue weighted by atomic mass is 10.1. The van der Waals surface area contributed by atoms with Crippen molar-refractivity contribution in [2.75, 3.05) is 13.7 Å². The molecule has 2 rings (SSSR count). The summed E-state index contributed by atoms with van der Waals surface area (Å²) in [5.41, 5.74) is 0.747. The van der Waals surface area contributed by atoms with E-state index in [1.54, 1.807) is 36.4 Å². The normalized spacial score (nSPS) is 11.7. The zero-order chi connectivity index (χ0) is 21.6. The van der Waals surface area contributed by atoms with Gasteiger partial charge < -0.3 is 15.0 Å². The van der Waals surface area contributed by atoms with Crippen LogP contribution in [0.4, 0.5) is 0 Å². The SMILES string of the molecule is CC[C@@H](C(=O)NC)N(Cc1ccc(Cl)c(Cl)c1)C(=O)COc1ccc(Br)cc1Cl. The molecular formula is C20H20BrCl3N2O3. The summed E-state index contributed by atoms with van der Waals surface area (Å²) in [5.74, 6) is -0.237. The van der Waals surface area contributed by atoms with Crippen molar-refractivity contribution in [1.82, 2.24) is 10.2 Å². The van der Waals surface area contributed by atoms with Gasteiger partial charge in [0, 0.05) is 18.1 Å². The van der Waals surface area contributed by atoms with E-state index in [9.17, 15) is 9.59 Å². The number of rotatable bonds is 8. The second-order valence-electron chi connectivity index (χ2n) is 6.17. The third-order valence-electron chi connectivity index (χ3n) is 4.21. The van der Waals surface area contributed by atoms with Gasteiger partial charge >= 0.3 is 0 Å². The van der Waals surface area contributed by atoms with Gasteiger partial charge in [0.15, 0.2) is 6.61 Å². The average molecular weight is 523 g/mol. The van der Waals surface area contributed by atoms with Crippen molar-refractivity contribution in [2.24, 2.45) is 0 Å². The van der Waals surface area contributed by atoms with E-state index in [1.165, 1.54) is 11.9 Å². The quantitative estimate of drug-likeness (QED) is 0.509. The van der Waals surface area contributed by atoms with Crippen molar-refractivity contribution >= 4 is 62.5 Å². The molecule has 0 radical (unpaired) electrons. The lowest BCUT2D eigenvalue weighted by Crippen LogP contribution is -2.49. The summed E-state index contributed by atoms with van der Waals surface area (Å²) in [5, 5.41) is 3.77. The zero-order valence-electron chi connectivity index (χ0n) is 15.8. The molecule has 0 fully saturated rings. The van der Waals surface area contributed by atoms with Gasteiger partial charge in [-0.3, -0.25) is 9.59 Å². The van der Waals surface area contributed by atoms with Gasteiger partial charge in [0.05, 0.1) is 15.1 Å². The number of carbonyl (C=O) groups is 2. The lowest BCUT2D eigenvalue weighted by molar-refractivity contribution is -0.142. The van der Waals surface area contributed by atoms with Gasteiger partial charge in [0.1, 0.15) is 11.8 Å². The maximum Gasteiger partial charge on any atom is 0.261 e. The first-order valence-corrected chi connectivity index (χ1v) is 10.7. The molecule has 0 saturated carbocycles. The highest BCUT2D eigenvalue weighted by Gasteiger charge is 2.28. The summed E-state index contributed by atoms with van der Waals surface area (Å²) < 4.78 is 6.40. The van der Waals surface area contributed by atoms with E-state index in [0.29, 0.717) is 27.2 Å². The second kappa shape index (κ2) is 11.1. The van der Waals surface area contributed by atoms with Gasteiger partial charge in [0.25, 0.3) is 5.91 Å². The number of hydrogen-bond donors (Lipinski definition) is 1. The van der Waals surface area contributed by atoms with E-state index < -0.39 is 6.04 Å². The van der Waals surface area contributed by atoms with Crippen LogP contribution in [0.2, 0.25) is 15.1 Å². The minimum Gasteiger partial charge on any atom is -0.482 e. The molecule has 5 nitrogen and oxygen atoms in total. The number of hydrogen-bond acceptors (Lipinski definition) is 3. The van der Waals surface area contributed by atoms with Crippen LogP contribution in [0.25, 0.3) is 0 Å². The number of carbonyl (C=O) groups excluding carboxylic acids is 2. The molecule has 1 atom stereocenters. The Balaban J connectivity index is 2.23. The fourth-order valence-corrected chi connectivity index (χ4v) is 3.78. The first-order chi connectivity index (χ1) is 13.8. The molecular weight excluding hydrogens is 502 g/mol. The van der Waals surface area contributed by atoms with Crippen LogP contribution in [0.1, 0.15) is 18.9 Å². The fourth-order valence-electron chi connectivity index (χ4n) is 2.74. The Bertz CT molecular complexity index is 895. The Morgan fingerprint density at radius 1 is 1.10 bits per heavy atom. The van der Waals surface area contributed by atoms with Crippen molar-refractivity contribution in [2.45, 2.75) is 25.9 Å². The number of halogens is 4. The van der Waals surface area contributed by atoms with Gasteiger partial charge in [-0.05, 0) is 42.3 Å². The van der Waals surface area contributed by atoms with Crippen LogP contribution in [0.5, 0.6) is 5.75 Å². The number of nitrogens with one attached hydrogen (secondary N) is 1. The summed E-state index contributed by atoms with van der Waals surface area (Å²) in [6.45, 7) is 1.75. The van der Waals surface area contributed by atoms with Gasteiger partial charge in [-0.1, -0.05) is 63.7 Å². The molecule has 2 aromatic rings. The maximum absolute atomic E-state index is 13.0. The van der Waals surface area contributed by atoms with Gasteiger partial charge in [-0.15, -0.1) is 0 Å². The summed E-state index contributed by atoms with van der Waals surface area (Å²) in [7, 11) is 1.53. The molecule has 29 heavy (non-hydrogen) atoms. The van der Waals surface area contributed by atoms with Crippen LogP contribution in [0.15, 0.2) is 40.9 Å². The van der Waals surface area contributed by atoms with E-state index in [-0.39, 0.29) is 25.0 Å². The highest BCUT2D eigenvalue weighted by atomic mass is 79.9. The maximum atomic E-state index is 13.0. The molecule has 2 aromatic carbocycles. The van der Waals surface area contributed by atoms with Crippen molar-refractivity contribution in [1.29, 1.82) is 0 Å². The standard InChI is InChI=1S/C20H20BrCl3N2O3/c1-3-17(20(28)25-2)26(10-12-4-6-14(22)15(23)8-12)19(27)11-29-18-7-5-13(21)9-16(18)24/h4-9,17H,3,10-11H2,1-2H3,(H,25,28)/t17-/m0/s1. The molecule has 156 valence electrons. The van der Waals surface area contributed by atoms with Crippen LogP contribution < -0.4 is 10.1 Å². The number of ether oxygens (including phenoxy) is 1. The molecule has 2 amide bonds. The van der Waals surface area contributed by atoms with Crippen LogP contribution in [0, 0.1) is 0 Å². The number of benzene rings is 2. The van der Waals surface area contributed by atoms with Crippen LogP contribution >= 0.6 is 50.7 Å². The first-order valence-electron chi connectivity index (χ1n) is 8.79. The van der Waals surface area contributed by atoms with Crippen LogP contribution in [-0.2, 0) is 16.1 Å². The molecule has 0 aromatic heterocycles.